The maximum atomic E-state index is 13.2. The first-order valence-electron chi connectivity index (χ1n) is 8.67. The Bertz CT molecular complexity index is 1020. The molecule has 0 bridgehead atoms. The summed E-state index contributed by atoms with van der Waals surface area (Å²) in [5.74, 6) is -0.803. The Balaban J connectivity index is 1.82. The number of benzene rings is 2. The Labute approximate surface area is 163 Å². The zero-order chi connectivity index (χ0) is 20.0. The summed E-state index contributed by atoms with van der Waals surface area (Å²) >= 11 is 0. The highest BCUT2D eigenvalue weighted by Crippen LogP contribution is 2.28. The van der Waals surface area contributed by atoms with E-state index in [0.29, 0.717) is 5.56 Å². The first-order valence-corrected chi connectivity index (χ1v) is 10.2. The summed E-state index contributed by atoms with van der Waals surface area (Å²) in [5, 5.41) is 1.66. The van der Waals surface area contributed by atoms with E-state index in [9.17, 15) is 17.6 Å². The van der Waals surface area contributed by atoms with Gasteiger partial charge in [-0.1, -0.05) is 36.4 Å². The maximum Gasteiger partial charge on any atom is 0.224 e. The minimum absolute atomic E-state index is 0.0138. The maximum absolute atomic E-state index is 13.2. The Morgan fingerprint density at radius 2 is 1.71 bits per heavy atom. The molecular formula is C21H19FN2O3S. The van der Waals surface area contributed by atoms with Crippen molar-refractivity contribution in [2.75, 3.05) is 6.54 Å². The highest BCUT2D eigenvalue weighted by Gasteiger charge is 2.29. The van der Waals surface area contributed by atoms with Crippen molar-refractivity contribution in [3.63, 3.8) is 0 Å². The third kappa shape index (κ3) is 4.80. The predicted octanol–water partition coefficient (Wildman–Crippen LogP) is 3.09. The van der Waals surface area contributed by atoms with Gasteiger partial charge in [-0.05, 0) is 41.5 Å². The fourth-order valence-corrected chi connectivity index (χ4v) is 4.46. The zero-order valence-electron chi connectivity index (χ0n) is 15.0. The molecule has 1 aromatic heterocycles. The molecule has 1 amide bonds. The molecule has 1 heterocycles. The first-order chi connectivity index (χ1) is 13.5. The number of rotatable bonds is 7. The largest absolute Gasteiger partial charge is 0.354 e. The van der Waals surface area contributed by atoms with Crippen molar-refractivity contribution in [3.05, 3.63) is 96.1 Å². The molecule has 5 nitrogen and oxygen atoms in total. The number of aromatic nitrogens is 1. The molecule has 28 heavy (non-hydrogen) atoms. The lowest BCUT2D eigenvalue weighted by molar-refractivity contribution is -0.120. The van der Waals surface area contributed by atoms with Crippen LogP contribution in [0.25, 0.3) is 0 Å². The third-order valence-electron chi connectivity index (χ3n) is 4.27. The minimum atomic E-state index is -3.86. The second-order valence-electron chi connectivity index (χ2n) is 6.24. The molecular weight excluding hydrogens is 379 g/mol. The van der Waals surface area contributed by atoms with Crippen molar-refractivity contribution in [3.8, 4) is 0 Å². The number of sulfone groups is 1. The summed E-state index contributed by atoms with van der Waals surface area (Å²) in [6.07, 6.45) is 3.14. The van der Waals surface area contributed by atoms with Crippen LogP contribution in [0.4, 0.5) is 4.39 Å². The van der Waals surface area contributed by atoms with E-state index in [4.69, 9.17) is 0 Å². The SMILES string of the molecule is O=C(Cc1ccccc1)NCC(c1cccnc1)S(=O)(=O)c1ccc(F)cc1. The number of nitrogens with one attached hydrogen (secondary N) is 1. The average Bonchev–Trinajstić information content (AvgIpc) is 2.70. The van der Waals surface area contributed by atoms with Gasteiger partial charge in [-0.25, -0.2) is 12.8 Å². The number of carbonyl (C=O) groups excluding carboxylic acids is 1. The Morgan fingerprint density at radius 1 is 1.00 bits per heavy atom. The molecule has 1 N–H and O–H groups in total. The van der Waals surface area contributed by atoms with Crippen LogP contribution in [0, 0.1) is 5.82 Å². The smallest absolute Gasteiger partial charge is 0.224 e. The second kappa shape index (κ2) is 8.75. The van der Waals surface area contributed by atoms with Gasteiger partial charge in [-0.2, -0.15) is 0 Å². The Morgan fingerprint density at radius 3 is 2.36 bits per heavy atom. The van der Waals surface area contributed by atoms with Crippen LogP contribution in [-0.2, 0) is 21.1 Å². The summed E-state index contributed by atoms with van der Waals surface area (Å²) < 4.78 is 39.4. The monoisotopic (exact) mass is 398 g/mol. The highest BCUT2D eigenvalue weighted by atomic mass is 32.2. The van der Waals surface area contributed by atoms with Crippen LogP contribution in [0.5, 0.6) is 0 Å². The lowest BCUT2D eigenvalue weighted by Gasteiger charge is -2.19. The van der Waals surface area contributed by atoms with Crippen molar-refractivity contribution in [2.24, 2.45) is 0 Å². The van der Waals surface area contributed by atoms with E-state index >= 15 is 0 Å². The lowest BCUT2D eigenvalue weighted by atomic mass is 10.1. The fraction of sp³-hybridized carbons (Fsp3) is 0.143. The molecule has 3 rings (SSSR count). The van der Waals surface area contributed by atoms with Crippen LogP contribution < -0.4 is 5.32 Å². The van der Waals surface area contributed by atoms with Crippen LogP contribution in [0.15, 0.2) is 84.0 Å². The lowest BCUT2D eigenvalue weighted by Crippen LogP contribution is -2.33. The summed E-state index contributed by atoms with van der Waals surface area (Å²) in [6, 6.07) is 17.1. The molecule has 0 fully saturated rings. The van der Waals surface area contributed by atoms with Crippen LogP contribution >= 0.6 is 0 Å². The van der Waals surface area contributed by atoms with Gasteiger partial charge in [0.2, 0.25) is 5.91 Å². The average molecular weight is 398 g/mol. The van der Waals surface area contributed by atoms with E-state index in [1.165, 1.54) is 18.3 Å². The van der Waals surface area contributed by atoms with Crippen LogP contribution in [0.1, 0.15) is 16.4 Å². The van der Waals surface area contributed by atoms with Crippen LogP contribution in [0.2, 0.25) is 0 Å². The van der Waals surface area contributed by atoms with E-state index in [1.54, 1.807) is 18.3 Å². The topological polar surface area (TPSA) is 76.1 Å². The van der Waals surface area contributed by atoms with E-state index < -0.39 is 20.9 Å². The number of amides is 1. The van der Waals surface area contributed by atoms with Gasteiger partial charge >= 0.3 is 0 Å². The number of pyridine rings is 1. The van der Waals surface area contributed by atoms with Gasteiger partial charge in [-0.3, -0.25) is 9.78 Å². The summed E-state index contributed by atoms with van der Waals surface area (Å²) in [5.41, 5.74) is 1.28. The molecule has 0 spiro atoms. The van der Waals surface area contributed by atoms with Gasteiger partial charge in [0.05, 0.1) is 11.3 Å². The summed E-state index contributed by atoms with van der Waals surface area (Å²) in [6.45, 7) is -0.114. The number of hydrogen-bond acceptors (Lipinski definition) is 4. The van der Waals surface area contributed by atoms with E-state index in [-0.39, 0.29) is 23.8 Å². The van der Waals surface area contributed by atoms with Crippen molar-refractivity contribution in [2.45, 2.75) is 16.6 Å². The van der Waals surface area contributed by atoms with Gasteiger partial charge in [0.15, 0.2) is 9.84 Å². The quantitative estimate of drug-likeness (QED) is 0.621. The zero-order valence-corrected chi connectivity index (χ0v) is 15.8. The first kappa shape index (κ1) is 19.7. The molecule has 1 atom stereocenters. The van der Waals surface area contributed by atoms with E-state index in [0.717, 1.165) is 17.7 Å². The summed E-state index contributed by atoms with van der Waals surface area (Å²) in [7, 11) is -3.86. The molecule has 144 valence electrons. The van der Waals surface area contributed by atoms with Crippen molar-refractivity contribution >= 4 is 15.7 Å². The fourth-order valence-electron chi connectivity index (χ4n) is 2.81. The molecule has 0 aliphatic rings. The summed E-state index contributed by atoms with van der Waals surface area (Å²) in [4.78, 5) is 16.3. The number of halogens is 1. The number of hydrogen-bond donors (Lipinski definition) is 1. The molecule has 0 aliphatic carbocycles. The normalized spacial score (nSPS) is 12.3. The van der Waals surface area contributed by atoms with Gasteiger partial charge in [0.1, 0.15) is 11.1 Å². The van der Waals surface area contributed by atoms with Gasteiger partial charge < -0.3 is 5.32 Å². The molecule has 0 saturated carbocycles. The Hall–Kier alpha value is -3.06. The highest BCUT2D eigenvalue weighted by molar-refractivity contribution is 7.91. The van der Waals surface area contributed by atoms with Gasteiger partial charge in [0.25, 0.3) is 0 Å². The van der Waals surface area contributed by atoms with E-state index in [1.807, 2.05) is 30.3 Å². The van der Waals surface area contributed by atoms with Crippen molar-refractivity contribution < 1.29 is 17.6 Å². The molecule has 0 radical (unpaired) electrons. The van der Waals surface area contributed by atoms with Crippen LogP contribution in [0.3, 0.4) is 0 Å². The predicted molar refractivity (Wildman–Crippen MR) is 104 cm³/mol. The molecule has 1 unspecified atom stereocenters. The molecule has 0 saturated heterocycles. The van der Waals surface area contributed by atoms with E-state index in [2.05, 4.69) is 10.3 Å². The molecule has 3 aromatic rings. The molecule has 2 aromatic carbocycles. The standard InChI is InChI=1S/C21H19FN2O3S/c22-18-8-10-19(11-9-18)28(26,27)20(17-7-4-12-23-14-17)15-24-21(25)13-16-5-2-1-3-6-16/h1-12,14,20H,13,15H2,(H,24,25). The number of carbonyl (C=O) groups is 1. The van der Waals surface area contributed by atoms with Crippen molar-refractivity contribution in [1.29, 1.82) is 0 Å². The molecule has 0 aliphatic heterocycles. The van der Waals surface area contributed by atoms with Gasteiger partial charge in [0, 0.05) is 18.9 Å². The van der Waals surface area contributed by atoms with Crippen molar-refractivity contribution in [1.82, 2.24) is 10.3 Å². The Kier molecular flexibility index (Phi) is 6.16. The van der Waals surface area contributed by atoms with Gasteiger partial charge in [-0.15, -0.1) is 0 Å². The molecule has 7 heteroatoms. The third-order valence-corrected chi connectivity index (χ3v) is 6.38. The van der Waals surface area contributed by atoms with Crippen LogP contribution in [-0.4, -0.2) is 25.9 Å². The number of nitrogens with zero attached hydrogens (tertiary/aromatic N) is 1. The second-order valence-corrected chi connectivity index (χ2v) is 8.37. The minimum Gasteiger partial charge on any atom is -0.354 e.